The standard InChI is InChI=1S/C11H13ClN2O2/c12-9-2-1-3-10(6-9)13-14-11(15)8-4-5-16-7-8/h1-3,6,8,13H,4-5,7H2,(H,14,15). The van der Waals surface area contributed by atoms with Crippen LogP contribution in [-0.4, -0.2) is 19.1 Å². The molecule has 0 aliphatic carbocycles. The van der Waals surface area contributed by atoms with Crippen LogP contribution in [0.15, 0.2) is 24.3 Å². The number of rotatable bonds is 3. The maximum absolute atomic E-state index is 11.6. The molecule has 1 fully saturated rings. The molecule has 0 spiro atoms. The van der Waals surface area contributed by atoms with Crippen LogP contribution in [0.25, 0.3) is 0 Å². The maximum atomic E-state index is 11.6. The molecular formula is C11H13ClN2O2. The number of nitrogens with one attached hydrogen (secondary N) is 2. The van der Waals surface area contributed by atoms with Crippen LogP contribution in [0.5, 0.6) is 0 Å². The fraction of sp³-hybridized carbons (Fsp3) is 0.364. The van der Waals surface area contributed by atoms with Gasteiger partial charge in [0.05, 0.1) is 18.2 Å². The van der Waals surface area contributed by atoms with Crippen LogP contribution >= 0.6 is 11.6 Å². The van der Waals surface area contributed by atoms with Gasteiger partial charge in [-0.2, -0.15) is 0 Å². The second-order valence-electron chi connectivity index (χ2n) is 3.69. The highest BCUT2D eigenvalue weighted by Gasteiger charge is 2.23. The van der Waals surface area contributed by atoms with Crippen molar-refractivity contribution in [1.82, 2.24) is 5.43 Å². The first-order chi connectivity index (χ1) is 7.75. The highest BCUT2D eigenvalue weighted by molar-refractivity contribution is 6.30. The summed E-state index contributed by atoms with van der Waals surface area (Å²) in [6, 6.07) is 7.17. The van der Waals surface area contributed by atoms with Crippen molar-refractivity contribution in [2.45, 2.75) is 6.42 Å². The molecule has 0 bridgehead atoms. The van der Waals surface area contributed by atoms with Crippen LogP contribution in [0.4, 0.5) is 5.69 Å². The Kier molecular flexibility index (Phi) is 3.64. The van der Waals surface area contributed by atoms with Crippen molar-refractivity contribution >= 4 is 23.2 Å². The van der Waals surface area contributed by atoms with E-state index in [2.05, 4.69) is 10.9 Å². The fourth-order valence-corrected chi connectivity index (χ4v) is 1.73. The van der Waals surface area contributed by atoms with Gasteiger partial charge in [-0.25, -0.2) is 0 Å². The molecule has 5 heteroatoms. The molecule has 0 radical (unpaired) electrons. The molecule has 2 N–H and O–H groups in total. The van der Waals surface area contributed by atoms with Gasteiger partial charge in [-0.3, -0.25) is 15.6 Å². The molecule has 2 rings (SSSR count). The summed E-state index contributed by atoms with van der Waals surface area (Å²) in [7, 11) is 0. The predicted molar refractivity (Wildman–Crippen MR) is 62.1 cm³/mol. The average molecular weight is 241 g/mol. The third kappa shape index (κ3) is 2.87. The predicted octanol–water partition coefficient (Wildman–Crippen LogP) is 1.82. The topological polar surface area (TPSA) is 50.4 Å². The minimum atomic E-state index is -0.0494. The zero-order valence-corrected chi connectivity index (χ0v) is 9.46. The number of halogens is 1. The molecular weight excluding hydrogens is 228 g/mol. The lowest BCUT2D eigenvalue weighted by atomic mass is 10.1. The van der Waals surface area contributed by atoms with Crippen LogP contribution in [0, 0.1) is 5.92 Å². The van der Waals surface area contributed by atoms with Gasteiger partial charge in [0, 0.05) is 11.6 Å². The molecule has 1 aliphatic rings. The molecule has 1 unspecified atom stereocenters. The normalized spacial score (nSPS) is 19.4. The zero-order chi connectivity index (χ0) is 11.4. The minimum absolute atomic E-state index is 0.0440. The highest BCUT2D eigenvalue weighted by Crippen LogP contribution is 2.15. The molecule has 1 amide bonds. The van der Waals surface area contributed by atoms with Gasteiger partial charge in [-0.15, -0.1) is 0 Å². The molecule has 1 aromatic carbocycles. The Morgan fingerprint density at radius 1 is 1.50 bits per heavy atom. The molecule has 1 aliphatic heterocycles. The van der Waals surface area contributed by atoms with Crippen molar-refractivity contribution in [2.24, 2.45) is 5.92 Å². The Hall–Kier alpha value is -1.26. The Morgan fingerprint density at radius 3 is 3.06 bits per heavy atom. The van der Waals surface area contributed by atoms with E-state index < -0.39 is 0 Å². The Morgan fingerprint density at radius 2 is 2.38 bits per heavy atom. The number of hydrazine groups is 1. The first-order valence-electron chi connectivity index (χ1n) is 5.15. The molecule has 0 aromatic heterocycles. The van der Waals surface area contributed by atoms with E-state index in [0.29, 0.717) is 18.2 Å². The first-order valence-corrected chi connectivity index (χ1v) is 5.52. The van der Waals surface area contributed by atoms with E-state index in [1.807, 2.05) is 12.1 Å². The van der Waals surface area contributed by atoms with E-state index in [-0.39, 0.29) is 11.8 Å². The number of anilines is 1. The quantitative estimate of drug-likeness (QED) is 0.793. The molecule has 86 valence electrons. The molecule has 1 heterocycles. The van der Waals surface area contributed by atoms with E-state index in [1.54, 1.807) is 12.1 Å². The van der Waals surface area contributed by atoms with Gasteiger partial charge in [0.15, 0.2) is 0 Å². The maximum Gasteiger partial charge on any atom is 0.243 e. The van der Waals surface area contributed by atoms with Gasteiger partial charge in [-0.05, 0) is 24.6 Å². The number of ether oxygens (including phenoxy) is 1. The number of carbonyl (C=O) groups is 1. The van der Waals surface area contributed by atoms with Gasteiger partial charge in [0.1, 0.15) is 0 Å². The smallest absolute Gasteiger partial charge is 0.243 e. The monoisotopic (exact) mass is 240 g/mol. The van der Waals surface area contributed by atoms with Crippen molar-refractivity contribution in [1.29, 1.82) is 0 Å². The SMILES string of the molecule is O=C(NNc1cccc(Cl)c1)C1CCOC1. The Balaban J connectivity index is 1.84. The lowest BCUT2D eigenvalue weighted by Crippen LogP contribution is -2.35. The summed E-state index contributed by atoms with van der Waals surface area (Å²) < 4.78 is 5.14. The van der Waals surface area contributed by atoms with Crippen LogP contribution in [0.3, 0.4) is 0 Å². The number of hydrogen-bond acceptors (Lipinski definition) is 3. The summed E-state index contributed by atoms with van der Waals surface area (Å²) in [5.74, 6) is -0.0934. The van der Waals surface area contributed by atoms with E-state index in [4.69, 9.17) is 16.3 Å². The molecule has 4 nitrogen and oxygen atoms in total. The van der Waals surface area contributed by atoms with Gasteiger partial charge in [-0.1, -0.05) is 17.7 Å². The minimum Gasteiger partial charge on any atom is -0.381 e. The van der Waals surface area contributed by atoms with Crippen molar-refractivity contribution in [3.8, 4) is 0 Å². The third-order valence-electron chi connectivity index (χ3n) is 2.46. The van der Waals surface area contributed by atoms with E-state index in [9.17, 15) is 4.79 Å². The molecule has 1 atom stereocenters. The number of benzene rings is 1. The summed E-state index contributed by atoms with van der Waals surface area (Å²) in [5, 5.41) is 0.628. The van der Waals surface area contributed by atoms with Crippen LogP contribution in [0.1, 0.15) is 6.42 Å². The van der Waals surface area contributed by atoms with Gasteiger partial charge < -0.3 is 4.74 Å². The van der Waals surface area contributed by atoms with Gasteiger partial charge >= 0.3 is 0 Å². The lowest BCUT2D eigenvalue weighted by molar-refractivity contribution is -0.124. The number of carbonyl (C=O) groups excluding carboxylic acids is 1. The molecule has 0 saturated carbocycles. The summed E-state index contributed by atoms with van der Waals surface area (Å²) in [5.41, 5.74) is 6.23. The van der Waals surface area contributed by atoms with Crippen LogP contribution in [-0.2, 0) is 9.53 Å². The van der Waals surface area contributed by atoms with Crippen molar-refractivity contribution in [3.05, 3.63) is 29.3 Å². The van der Waals surface area contributed by atoms with Crippen LogP contribution in [0.2, 0.25) is 5.02 Å². The van der Waals surface area contributed by atoms with Gasteiger partial charge in [0.25, 0.3) is 0 Å². The molecule has 1 aromatic rings. The lowest BCUT2D eigenvalue weighted by Gasteiger charge is -2.11. The number of amides is 1. The van der Waals surface area contributed by atoms with E-state index in [1.165, 1.54) is 0 Å². The largest absolute Gasteiger partial charge is 0.381 e. The molecule has 16 heavy (non-hydrogen) atoms. The summed E-state index contributed by atoms with van der Waals surface area (Å²) in [4.78, 5) is 11.6. The Labute approximate surface area is 98.9 Å². The van der Waals surface area contributed by atoms with E-state index >= 15 is 0 Å². The fourth-order valence-electron chi connectivity index (χ4n) is 1.54. The first kappa shape index (κ1) is 11.2. The second-order valence-corrected chi connectivity index (χ2v) is 4.12. The summed E-state index contributed by atoms with van der Waals surface area (Å²) in [6.07, 6.45) is 0.781. The molecule has 1 saturated heterocycles. The zero-order valence-electron chi connectivity index (χ0n) is 8.70. The van der Waals surface area contributed by atoms with E-state index in [0.717, 1.165) is 12.1 Å². The van der Waals surface area contributed by atoms with Crippen molar-refractivity contribution in [3.63, 3.8) is 0 Å². The van der Waals surface area contributed by atoms with Gasteiger partial charge in [0.2, 0.25) is 5.91 Å². The third-order valence-corrected chi connectivity index (χ3v) is 2.69. The van der Waals surface area contributed by atoms with Crippen molar-refractivity contribution < 1.29 is 9.53 Å². The summed E-state index contributed by atoms with van der Waals surface area (Å²) in [6.45, 7) is 1.16. The average Bonchev–Trinajstić information content (AvgIpc) is 2.79. The second kappa shape index (κ2) is 5.18. The van der Waals surface area contributed by atoms with Crippen LogP contribution < -0.4 is 10.9 Å². The highest BCUT2D eigenvalue weighted by atomic mass is 35.5. The summed E-state index contributed by atoms with van der Waals surface area (Å²) >= 11 is 5.81. The number of hydrogen-bond donors (Lipinski definition) is 2. The Bertz CT molecular complexity index is 378. The van der Waals surface area contributed by atoms with Crippen molar-refractivity contribution in [2.75, 3.05) is 18.6 Å².